The smallest absolute Gasteiger partial charge is 0.409 e. The van der Waals surface area contributed by atoms with E-state index in [1.165, 1.54) is 0 Å². The minimum absolute atomic E-state index is 0.0122. The molecule has 0 radical (unpaired) electrons. The van der Waals surface area contributed by atoms with Gasteiger partial charge in [-0.05, 0) is 26.7 Å². The molecule has 5 heteroatoms. The summed E-state index contributed by atoms with van der Waals surface area (Å²) in [5, 5.41) is 0. The molecular weight excluding hydrogens is 222 g/mol. The largest absolute Gasteiger partial charge is 0.466 e. The van der Waals surface area contributed by atoms with E-state index >= 15 is 0 Å². The zero-order chi connectivity index (χ0) is 12.5. The van der Waals surface area contributed by atoms with Crippen molar-refractivity contribution < 1.29 is 19.1 Å². The van der Waals surface area contributed by atoms with Crippen molar-refractivity contribution in [3.63, 3.8) is 0 Å². The molecule has 96 valence electrons. The van der Waals surface area contributed by atoms with Crippen LogP contribution in [0, 0.1) is 11.3 Å². The van der Waals surface area contributed by atoms with Gasteiger partial charge in [0.1, 0.15) is 0 Å². The lowest BCUT2D eigenvalue weighted by atomic mass is 10.0. The maximum absolute atomic E-state index is 11.6. The first-order chi connectivity index (χ1) is 8.13. The lowest BCUT2D eigenvalue weighted by molar-refractivity contribution is -0.145. The number of rotatable bonds is 3. The van der Waals surface area contributed by atoms with Crippen LogP contribution in [0.3, 0.4) is 0 Å². The van der Waals surface area contributed by atoms with Crippen molar-refractivity contribution in [3.05, 3.63) is 0 Å². The molecule has 2 atom stereocenters. The number of carbonyl (C=O) groups excluding carboxylic acids is 2. The lowest BCUT2D eigenvalue weighted by Crippen LogP contribution is -2.30. The average Bonchev–Trinajstić information content (AvgIpc) is 2.81. The van der Waals surface area contributed by atoms with Gasteiger partial charge in [0.2, 0.25) is 0 Å². The zero-order valence-corrected chi connectivity index (χ0v) is 10.4. The minimum Gasteiger partial charge on any atom is -0.466 e. The van der Waals surface area contributed by atoms with E-state index in [0.717, 1.165) is 12.8 Å². The van der Waals surface area contributed by atoms with Gasteiger partial charge in [-0.25, -0.2) is 4.79 Å². The van der Waals surface area contributed by atoms with E-state index in [9.17, 15) is 9.59 Å². The molecule has 2 aliphatic rings. The van der Waals surface area contributed by atoms with Gasteiger partial charge in [0.25, 0.3) is 0 Å². The second-order valence-electron chi connectivity index (χ2n) is 4.74. The molecule has 1 aliphatic carbocycles. The fraction of sp³-hybridized carbons (Fsp3) is 0.833. The van der Waals surface area contributed by atoms with E-state index in [4.69, 9.17) is 9.47 Å². The summed E-state index contributed by atoms with van der Waals surface area (Å²) in [7, 11) is 0. The fourth-order valence-corrected chi connectivity index (χ4v) is 2.64. The molecule has 2 fully saturated rings. The van der Waals surface area contributed by atoms with Crippen molar-refractivity contribution in [2.45, 2.75) is 26.7 Å². The molecule has 2 unspecified atom stereocenters. The first-order valence-corrected chi connectivity index (χ1v) is 6.21. The highest BCUT2D eigenvalue weighted by Gasteiger charge is 2.62. The van der Waals surface area contributed by atoms with Crippen molar-refractivity contribution >= 4 is 12.1 Å². The van der Waals surface area contributed by atoms with Gasteiger partial charge in [0.05, 0.1) is 19.1 Å². The Labute approximate surface area is 101 Å². The predicted molar refractivity (Wildman–Crippen MR) is 60.4 cm³/mol. The Morgan fingerprint density at radius 1 is 1.29 bits per heavy atom. The molecule has 1 spiro atoms. The van der Waals surface area contributed by atoms with Crippen LogP contribution in [0.15, 0.2) is 0 Å². The summed E-state index contributed by atoms with van der Waals surface area (Å²) in [4.78, 5) is 24.9. The quantitative estimate of drug-likeness (QED) is 0.701. The molecule has 0 N–H and O–H groups in total. The van der Waals surface area contributed by atoms with E-state index < -0.39 is 0 Å². The molecule has 5 nitrogen and oxygen atoms in total. The summed E-state index contributed by atoms with van der Waals surface area (Å²) in [6.45, 7) is 5.75. The molecule has 1 saturated heterocycles. The second kappa shape index (κ2) is 4.55. The van der Waals surface area contributed by atoms with Gasteiger partial charge >= 0.3 is 12.1 Å². The van der Waals surface area contributed by atoms with Crippen molar-refractivity contribution in [2.75, 3.05) is 26.3 Å². The summed E-state index contributed by atoms with van der Waals surface area (Å²) in [6, 6.07) is 0. The number of nitrogens with zero attached hydrogens (tertiary/aromatic N) is 1. The third-order valence-electron chi connectivity index (χ3n) is 3.67. The SMILES string of the molecule is CCOC(=O)C1CC12CCN(C(=O)OCC)C2. The number of likely N-dealkylation sites (tertiary alicyclic amines) is 1. The van der Waals surface area contributed by atoms with Crippen LogP contribution < -0.4 is 0 Å². The van der Waals surface area contributed by atoms with E-state index in [1.54, 1.807) is 11.8 Å². The number of hydrogen-bond acceptors (Lipinski definition) is 4. The van der Waals surface area contributed by atoms with Crippen LogP contribution in [-0.4, -0.2) is 43.3 Å². The molecule has 1 heterocycles. The summed E-state index contributed by atoms with van der Waals surface area (Å²) in [5.74, 6) is -0.125. The van der Waals surface area contributed by atoms with Crippen molar-refractivity contribution in [3.8, 4) is 0 Å². The Hall–Kier alpha value is -1.26. The maximum Gasteiger partial charge on any atom is 0.409 e. The number of amides is 1. The number of carbonyl (C=O) groups is 2. The van der Waals surface area contributed by atoms with E-state index in [0.29, 0.717) is 26.3 Å². The Morgan fingerprint density at radius 3 is 2.65 bits per heavy atom. The van der Waals surface area contributed by atoms with Gasteiger partial charge < -0.3 is 14.4 Å². The minimum atomic E-state index is -0.265. The van der Waals surface area contributed by atoms with Crippen LogP contribution in [0.25, 0.3) is 0 Å². The number of esters is 1. The highest BCUT2D eigenvalue weighted by atomic mass is 16.6. The Morgan fingerprint density at radius 2 is 2.00 bits per heavy atom. The lowest BCUT2D eigenvalue weighted by Gasteiger charge is -2.15. The van der Waals surface area contributed by atoms with Gasteiger partial charge in [-0.3, -0.25) is 4.79 Å². The first-order valence-electron chi connectivity index (χ1n) is 6.21. The molecule has 1 amide bonds. The fourth-order valence-electron chi connectivity index (χ4n) is 2.64. The Kier molecular flexibility index (Phi) is 3.26. The summed E-state index contributed by atoms with van der Waals surface area (Å²) in [6.07, 6.45) is 1.47. The third-order valence-corrected chi connectivity index (χ3v) is 3.67. The number of hydrogen-bond donors (Lipinski definition) is 0. The topological polar surface area (TPSA) is 55.8 Å². The van der Waals surface area contributed by atoms with Crippen LogP contribution in [0.5, 0.6) is 0 Å². The molecule has 0 aromatic carbocycles. The molecule has 0 aromatic heterocycles. The monoisotopic (exact) mass is 241 g/mol. The highest BCUT2D eigenvalue weighted by molar-refractivity contribution is 5.78. The summed E-state index contributed by atoms with van der Waals surface area (Å²) < 4.78 is 9.98. The standard InChI is InChI=1S/C12H19NO4/c1-3-16-10(14)9-7-12(9)5-6-13(8-12)11(15)17-4-2/h9H,3-8H2,1-2H3. The highest BCUT2D eigenvalue weighted by Crippen LogP contribution is 2.58. The summed E-state index contributed by atoms with van der Waals surface area (Å²) >= 11 is 0. The molecule has 2 rings (SSSR count). The first kappa shape index (κ1) is 12.2. The van der Waals surface area contributed by atoms with Gasteiger partial charge in [-0.1, -0.05) is 0 Å². The number of ether oxygens (including phenoxy) is 2. The van der Waals surface area contributed by atoms with Gasteiger partial charge in [0, 0.05) is 18.5 Å². The Bertz CT molecular complexity index is 312. The zero-order valence-electron chi connectivity index (χ0n) is 10.4. The van der Waals surface area contributed by atoms with Crippen molar-refractivity contribution in [1.82, 2.24) is 4.90 Å². The summed E-state index contributed by atoms with van der Waals surface area (Å²) in [5.41, 5.74) is -0.0149. The molecule has 0 aromatic rings. The van der Waals surface area contributed by atoms with Crippen LogP contribution in [-0.2, 0) is 14.3 Å². The van der Waals surface area contributed by atoms with E-state index in [1.807, 2.05) is 6.92 Å². The molecular formula is C12H19NO4. The van der Waals surface area contributed by atoms with Gasteiger partial charge in [-0.2, -0.15) is 0 Å². The van der Waals surface area contributed by atoms with E-state index in [2.05, 4.69) is 0 Å². The molecule has 1 saturated carbocycles. The van der Waals surface area contributed by atoms with Crippen LogP contribution in [0.4, 0.5) is 4.79 Å². The average molecular weight is 241 g/mol. The van der Waals surface area contributed by atoms with Gasteiger partial charge in [0.15, 0.2) is 0 Å². The molecule has 17 heavy (non-hydrogen) atoms. The second-order valence-corrected chi connectivity index (χ2v) is 4.74. The predicted octanol–water partition coefficient (Wildman–Crippen LogP) is 1.42. The Balaban J connectivity index is 1.87. The normalized spacial score (nSPS) is 30.5. The molecule has 0 bridgehead atoms. The van der Waals surface area contributed by atoms with E-state index in [-0.39, 0.29) is 23.4 Å². The molecule has 1 aliphatic heterocycles. The van der Waals surface area contributed by atoms with Crippen molar-refractivity contribution in [2.24, 2.45) is 11.3 Å². The van der Waals surface area contributed by atoms with Crippen molar-refractivity contribution in [1.29, 1.82) is 0 Å². The van der Waals surface area contributed by atoms with Crippen LogP contribution in [0.2, 0.25) is 0 Å². The third kappa shape index (κ3) is 2.23. The van der Waals surface area contributed by atoms with Crippen LogP contribution >= 0.6 is 0 Å². The van der Waals surface area contributed by atoms with Gasteiger partial charge in [-0.15, -0.1) is 0 Å². The van der Waals surface area contributed by atoms with Crippen LogP contribution in [0.1, 0.15) is 26.7 Å². The maximum atomic E-state index is 11.6.